The Balaban J connectivity index is 2.39. The predicted octanol–water partition coefficient (Wildman–Crippen LogP) is 1.59. The van der Waals surface area contributed by atoms with Gasteiger partial charge in [-0.2, -0.15) is 0 Å². The van der Waals surface area contributed by atoms with Crippen LogP contribution in [0.5, 0.6) is 0 Å². The van der Waals surface area contributed by atoms with Crippen molar-refractivity contribution in [2.24, 2.45) is 5.73 Å². The van der Waals surface area contributed by atoms with Crippen molar-refractivity contribution in [3.05, 3.63) is 18.6 Å². The highest BCUT2D eigenvalue weighted by atomic mass is 32.2. The summed E-state index contributed by atoms with van der Waals surface area (Å²) in [5, 5.41) is 4.15. The molecule has 1 rings (SSSR count). The maximum absolute atomic E-state index is 11.6. The van der Waals surface area contributed by atoms with Gasteiger partial charge in [0.25, 0.3) is 0 Å². The van der Waals surface area contributed by atoms with E-state index in [2.05, 4.69) is 15.3 Å². The lowest BCUT2D eigenvalue weighted by Gasteiger charge is -2.29. The second-order valence-corrected chi connectivity index (χ2v) is 6.11. The molecule has 1 aromatic rings. The van der Waals surface area contributed by atoms with Crippen molar-refractivity contribution in [2.45, 2.75) is 50.2 Å². The Bertz CT molecular complexity index is 399. The Morgan fingerprint density at radius 2 is 2.26 bits per heavy atom. The van der Waals surface area contributed by atoms with Gasteiger partial charge < -0.3 is 11.1 Å². The quantitative estimate of drug-likeness (QED) is 0.559. The van der Waals surface area contributed by atoms with Gasteiger partial charge in [0.2, 0.25) is 5.91 Å². The summed E-state index contributed by atoms with van der Waals surface area (Å²) in [5.41, 5.74) is 4.84. The van der Waals surface area contributed by atoms with Gasteiger partial charge in [-0.15, -0.1) is 11.8 Å². The van der Waals surface area contributed by atoms with E-state index in [-0.39, 0.29) is 11.9 Å². The molecule has 19 heavy (non-hydrogen) atoms. The normalized spacial score (nSPS) is 14.3. The van der Waals surface area contributed by atoms with Crippen LogP contribution in [0.3, 0.4) is 0 Å². The van der Waals surface area contributed by atoms with Gasteiger partial charge in [0.15, 0.2) is 0 Å². The van der Waals surface area contributed by atoms with E-state index >= 15 is 0 Å². The summed E-state index contributed by atoms with van der Waals surface area (Å²) in [5.74, 6) is 0.590. The third-order valence-corrected chi connectivity index (χ3v) is 3.76. The van der Waals surface area contributed by atoms with Crippen LogP contribution in [0.25, 0.3) is 0 Å². The smallest absolute Gasteiger partial charge is 0.237 e. The van der Waals surface area contributed by atoms with Crippen LogP contribution < -0.4 is 11.1 Å². The minimum Gasteiger partial charge on any atom is -0.368 e. The highest BCUT2D eigenvalue weighted by Crippen LogP contribution is 2.19. The van der Waals surface area contributed by atoms with Crippen LogP contribution in [0.15, 0.2) is 23.6 Å². The summed E-state index contributed by atoms with van der Waals surface area (Å²) < 4.78 is 0. The molecule has 6 heteroatoms. The first-order chi connectivity index (χ1) is 8.94. The molecule has 1 amide bonds. The van der Waals surface area contributed by atoms with Crippen molar-refractivity contribution in [1.82, 2.24) is 15.3 Å². The van der Waals surface area contributed by atoms with Gasteiger partial charge >= 0.3 is 0 Å². The van der Waals surface area contributed by atoms with Crippen molar-refractivity contribution in [1.29, 1.82) is 0 Å². The van der Waals surface area contributed by atoms with E-state index in [4.69, 9.17) is 5.73 Å². The molecule has 0 aliphatic rings. The average molecular weight is 282 g/mol. The molecule has 1 aromatic heterocycles. The zero-order valence-electron chi connectivity index (χ0n) is 11.7. The fourth-order valence-electron chi connectivity index (χ4n) is 1.87. The van der Waals surface area contributed by atoms with Crippen LogP contribution in [-0.4, -0.2) is 33.2 Å². The third-order valence-electron chi connectivity index (χ3n) is 2.76. The van der Waals surface area contributed by atoms with Crippen LogP contribution in [0.4, 0.5) is 0 Å². The van der Waals surface area contributed by atoms with Crippen LogP contribution in [0.1, 0.15) is 33.6 Å². The summed E-state index contributed by atoms with van der Waals surface area (Å²) in [6.07, 6.45) is 6.68. The number of amides is 1. The molecular formula is C13H22N4OS. The molecule has 0 spiro atoms. The van der Waals surface area contributed by atoms with Crippen LogP contribution in [-0.2, 0) is 4.79 Å². The Kier molecular flexibility index (Phi) is 6.24. The first kappa shape index (κ1) is 15.9. The number of aromatic nitrogens is 2. The molecule has 106 valence electrons. The topological polar surface area (TPSA) is 80.9 Å². The Morgan fingerprint density at radius 1 is 1.53 bits per heavy atom. The molecule has 0 saturated heterocycles. The molecule has 5 nitrogen and oxygen atoms in total. The van der Waals surface area contributed by atoms with Crippen molar-refractivity contribution in [2.75, 3.05) is 5.75 Å². The number of nitrogens with two attached hydrogens (primary N) is 1. The van der Waals surface area contributed by atoms with Crippen LogP contribution in [0, 0.1) is 0 Å². The second-order valence-electron chi connectivity index (χ2n) is 4.99. The van der Waals surface area contributed by atoms with Gasteiger partial charge in [-0.25, -0.2) is 4.98 Å². The summed E-state index contributed by atoms with van der Waals surface area (Å²) >= 11 is 1.64. The molecule has 0 aromatic carbocycles. The zero-order chi connectivity index (χ0) is 14.3. The Labute approximate surface area is 118 Å². The molecule has 1 unspecified atom stereocenters. The molecular weight excluding hydrogens is 260 g/mol. The van der Waals surface area contributed by atoms with E-state index < -0.39 is 5.54 Å². The van der Waals surface area contributed by atoms with Crippen molar-refractivity contribution >= 4 is 17.7 Å². The molecule has 0 bridgehead atoms. The number of hydrogen-bond donors (Lipinski definition) is 2. The highest BCUT2D eigenvalue weighted by Gasteiger charge is 2.30. The maximum Gasteiger partial charge on any atom is 0.237 e. The lowest BCUT2D eigenvalue weighted by atomic mass is 9.94. The van der Waals surface area contributed by atoms with Gasteiger partial charge in [0, 0.05) is 18.4 Å². The van der Waals surface area contributed by atoms with Gasteiger partial charge in [0.05, 0.1) is 11.7 Å². The maximum atomic E-state index is 11.6. The standard InChI is InChI=1S/C13H22N4OS/c1-10(2)17-13(3,12(14)18)5-4-8-19-11-9-15-6-7-16-11/h6-7,9-10,17H,4-5,8H2,1-3H3,(H2,14,18). The van der Waals surface area contributed by atoms with Gasteiger partial charge in [-0.3, -0.25) is 9.78 Å². The molecule has 0 radical (unpaired) electrons. The second kappa shape index (κ2) is 7.45. The van der Waals surface area contributed by atoms with Crippen molar-refractivity contribution in [3.8, 4) is 0 Å². The summed E-state index contributed by atoms with van der Waals surface area (Å²) in [4.78, 5) is 19.8. The minimum absolute atomic E-state index is 0.227. The molecule has 1 atom stereocenters. The van der Waals surface area contributed by atoms with Gasteiger partial charge in [-0.1, -0.05) is 0 Å². The number of hydrogen-bond acceptors (Lipinski definition) is 5. The van der Waals surface area contributed by atoms with E-state index in [0.717, 1.165) is 17.2 Å². The molecule has 0 aliphatic carbocycles. The monoisotopic (exact) mass is 282 g/mol. The Morgan fingerprint density at radius 3 is 2.79 bits per heavy atom. The number of rotatable bonds is 8. The first-order valence-corrected chi connectivity index (χ1v) is 7.39. The number of carbonyl (C=O) groups excluding carboxylic acids is 1. The molecule has 1 heterocycles. The van der Waals surface area contributed by atoms with Gasteiger partial charge in [0.1, 0.15) is 5.03 Å². The van der Waals surface area contributed by atoms with E-state index in [0.29, 0.717) is 6.42 Å². The molecule has 3 N–H and O–H groups in total. The number of thioether (sulfide) groups is 1. The first-order valence-electron chi connectivity index (χ1n) is 6.40. The van der Waals surface area contributed by atoms with Crippen molar-refractivity contribution in [3.63, 3.8) is 0 Å². The molecule has 0 saturated carbocycles. The predicted molar refractivity (Wildman–Crippen MR) is 77.9 cm³/mol. The van der Waals surface area contributed by atoms with E-state index in [1.54, 1.807) is 30.4 Å². The summed E-state index contributed by atoms with van der Waals surface area (Å²) in [6, 6.07) is 0.227. The average Bonchev–Trinajstić information content (AvgIpc) is 2.35. The number of nitrogens with zero attached hydrogens (tertiary/aromatic N) is 2. The largest absolute Gasteiger partial charge is 0.368 e. The minimum atomic E-state index is -0.642. The van der Waals surface area contributed by atoms with Crippen LogP contribution in [0.2, 0.25) is 0 Å². The van der Waals surface area contributed by atoms with Crippen LogP contribution >= 0.6 is 11.8 Å². The van der Waals surface area contributed by atoms with E-state index in [1.165, 1.54) is 0 Å². The molecule has 0 aliphatic heterocycles. The summed E-state index contributed by atoms with van der Waals surface area (Å²) in [6.45, 7) is 5.88. The van der Waals surface area contributed by atoms with Crippen molar-refractivity contribution < 1.29 is 4.79 Å². The van der Waals surface area contributed by atoms with E-state index in [1.807, 2.05) is 20.8 Å². The Hall–Kier alpha value is -1.14. The lowest BCUT2D eigenvalue weighted by Crippen LogP contribution is -2.55. The van der Waals surface area contributed by atoms with E-state index in [9.17, 15) is 4.79 Å². The fourth-order valence-corrected chi connectivity index (χ4v) is 2.63. The fraction of sp³-hybridized carbons (Fsp3) is 0.615. The molecule has 0 fully saturated rings. The number of nitrogens with one attached hydrogen (secondary N) is 1. The number of primary amides is 1. The van der Waals surface area contributed by atoms with Gasteiger partial charge in [-0.05, 0) is 39.4 Å². The third kappa shape index (κ3) is 5.57. The zero-order valence-corrected chi connectivity index (χ0v) is 12.5. The SMILES string of the molecule is CC(C)NC(C)(CCCSc1cnccn1)C(N)=O. The lowest BCUT2D eigenvalue weighted by molar-refractivity contribution is -0.124. The number of carbonyl (C=O) groups is 1. The summed E-state index contributed by atoms with van der Waals surface area (Å²) in [7, 11) is 0. The highest BCUT2D eigenvalue weighted by molar-refractivity contribution is 7.99.